The number of guanidine groups is 1. The molecule has 126 valence electrons. The molecule has 0 unspecified atom stereocenters. The van der Waals surface area contributed by atoms with Crippen molar-refractivity contribution in [1.82, 2.24) is 10.6 Å². The molecule has 0 heterocycles. The first kappa shape index (κ1) is 21.6. The van der Waals surface area contributed by atoms with Crippen LogP contribution in [0.15, 0.2) is 27.7 Å². The molecule has 0 saturated heterocycles. The molecule has 0 amide bonds. The van der Waals surface area contributed by atoms with E-state index in [0.29, 0.717) is 31.0 Å². The maximum Gasteiger partial charge on any atom is 0.191 e. The van der Waals surface area contributed by atoms with Gasteiger partial charge in [0.15, 0.2) is 5.96 Å². The van der Waals surface area contributed by atoms with Crippen molar-refractivity contribution in [2.75, 3.05) is 27.2 Å². The molecular formula is C15H24BrFIN3O. The maximum absolute atomic E-state index is 13.6. The molecular weight excluding hydrogens is 464 g/mol. The Hall–Kier alpha value is -0.410. The zero-order valence-electron chi connectivity index (χ0n) is 13.4. The zero-order valence-corrected chi connectivity index (χ0v) is 17.3. The zero-order chi connectivity index (χ0) is 15.9. The lowest BCUT2D eigenvalue weighted by molar-refractivity contribution is 0.0268. The minimum Gasteiger partial charge on any atom is -0.377 e. The maximum atomic E-state index is 13.6. The number of methoxy groups -OCH3 is 1. The summed E-state index contributed by atoms with van der Waals surface area (Å²) < 4.78 is 19.8. The number of rotatable bonds is 6. The van der Waals surface area contributed by atoms with Crippen molar-refractivity contribution >= 4 is 45.9 Å². The van der Waals surface area contributed by atoms with E-state index in [1.807, 2.05) is 13.8 Å². The van der Waals surface area contributed by atoms with Crippen LogP contribution in [-0.4, -0.2) is 38.8 Å². The topological polar surface area (TPSA) is 45.7 Å². The molecule has 22 heavy (non-hydrogen) atoms. The smallest absolute Gasteiger partial charge is 0.191 e. The fourth-order valence-corrected chi connectivity index (χ4v) is 2.05. The number of ether oxygens (including phenoxy) is 1. The first-order chi connectivity index (χ1) is 9.88. The van der Waals surface area contributed by atoms with E-state index in [4.69, 9.17) is 4.74 Å². The highest BCUT2D eigenvalue weighted by atomic mass is 127. The van der Waals surface area contributed by atoms with Crippen LogP contribution < -0.4 is 10.6 Å². The predicted octanol–water partition coefficient (Wildman–Crippen LogP) is 3.34. The van der Waals surface area contributed by atoms with E-state index in [0.717, 1.165) is 4.47 Å². The third-order valence-electron chi connectivity index (χ3n) is 3.15. The second kappa shape index (κ2) is 10.4. The van der Waals surface area contributed by atoms with E-state index in [-0.39, 0.29) is 35.4 Å². The normalized spacial score (nSPS) is 11.8. The Bertz CT molecular complexity index is 498. The summed E-state index contributed by atoms with van der Waals surface area (Å²) in [7, 11) is 3.38. The second-order valence-electron chi connectivity index (χ2n) is 5.30. The lowest BCUT2D eigenvalue weighted by Crippen LogP contribution is -2.45. The lowest BCUT2D eigenvalue weighted by Gasteiger charge is -2.24. The summed E-state index contributed by atoms with van der Waals surface area (Å²) in [5.74, 6) is 0.485. The van der Waals surface area contributed by atoms with Crippen LogP contribution in [0.3, 0.4) is 0 Å². The van der Waals surface area contributed by atoms with Crippen molar-refractivity contribution in [1.29, 1.82) is 0 Å². The number of nitrogens with one attached hydrogen (secondary N) is 2. The van der Waals surface area contributed by atoms with Gasteiger partial charge in [0.1, 0.15) is 5.82 Å². The molecule has 0 fully saturated rings. The number of halogens is 3. The molecule has 0 bridgehead atoms. The molecule has 0 spiro atoms. The fraction of sp³-hybridized carbons (Fsp3) is 0.533. The van der Waals surface area contributed by atoms with Crippen molar-refractivity contribution in [3.05, 3.63) is 34.1 Å². The van der Waals surface area contributed by atoms with Gasteiger partial charge in [-0.25, -0.2) is 4.39 Å². The fourth-order valence-electron chi connectivity index (χ4n) is 1.64. The molecule has 0 aliphatic heterocycles. The summed E-state index contributed by atoms with van der Waals surface area (Å²) in [6.45, 7) is 5.21. The van der Waals surface area contributed by atoms with Gasteiger partial charge in [-0.05, 0) is 44.0 Å². The van der Waals surface area contributed by atoms with E-state index in [9.17, 15) is 4.39 Å². The van der Waals surface area contributed by atoms with Crippen molar-refractivity contribution in [3.8, 4) is 0 Å². The predicted molar refractivity (Wildman–Crippen MR) is 104 cm³/mol. The minimum atomic E-state index is -0.270. The van der Waals surface area contributed by atoms with Gasteiger partial charge in [0, 0.05) is 31.7 Å². The third kappa shape index (κ3) is 7.73. The van der Waals surface area contributed by atoms with Gasteiger partial charge >= 0.3 is 0 Å². The Morgan fingerprint density at radius 3 is 2.64 bits per heavy atom. The summed E-state index contributed by atoms with van der Waals surface area (Å²) in [4.78, 5) is 4.13. The van der Waals surface area contributed by atoms with Crippen LogP contribution in [0.25, 0.3) is 0 Å². The number of hydrogen-bond acceptors (Lipinski definition) is 2. The van der Waals surface area contributed by atoms with Gasteiger partial charge in [0.25, 0.3) is 0 Å². The summed E-state index contributed by atoms with van der Waals surface area (Å²) >= 11 is 3.35. The molecule has 1 aromatic carbocycles. The molecule has 0 atom stereocenters. The van der Waals surface area contributed by atoms with E-state index >= 15 is 0 Å². The molecule has 0 aromatic heterocycles. The van der Waals surface area contributed by atoms with Gasteiger partial charge < -0.3 is 15.4 Å². The molecule has 1 rings (SSSR count). The number of hydrogen-bond donors (Lipinski definition) is 2. The third-order valence-corrected chi connectivity index (χ3v) is 3.65. The van der Waals surface area contributed by atoms with Gasteiger partial charge in [-0.3, -0.25) is 4.99 Å². The van der Waals surface area contributed by atoms with Gasteiger partial charge in [-0.2, -0.15) is 0 Å². The van der Waals surface area contributed by atoms with Crippen LogP contribution in [0, 0.1) is 5.82 Å². The molecule has 0 aliphatic rings. The Morgan fingerprint density at radius 1 is 1.36 bits per heavy atom. The standard InChI is InChI=1S/C15H23BrFN3O.HI/c1-15(2,21-4)10-20-14(18-3)19-8-7-11-9-12(16)5-6-13(11)17;/h5-6,9H,7-8,10H2,1-4H3,(H2,18,19,20);1H. The van der Waals surface area contributed by atoms with Gasteiger partial charge in [0.2, 0.25) is 0 Å². The van der Waals surface area contributed by atoms with Crippen LogP contribution in [0.5, 0.6) is 0 Å². The number of nitrogens with zero attached hydrogens (tertiary/aromatic N) is 1. The van der Waals surface area contributed by atoms with Gasteiger partial charge in [-0.1, -0.05) is 15.9 Å². The number of aliphatic imine (C=N–C) groups is 1. The highest BCUT2D eigenvalue weighted by Gasteiger charge is 2.16. The highest BCUT2D eigenvalue weighted by Crippen LogP contribution is 2.15. The minimum absolute atomic E-state index is 0. The Morgan fingerprint density at radius 2 is 2.05 bits per heavy atom. The second-order valence-corrected chi connectivity index (χ2v) is 6.22. The summed E-state index contributed by atoms with van der Waals surface area (Å²) in [6.07, 6.45) is 0.583. The van der Waals surface area contributed by atoms with Crippen molar-refractivity contribution in [3.63, 3.8) is 0 Å². The van der Waals surface area contributed by atoms with E-state index in [2.05, 4.69) is 31.6 Å². The van der Waals surface area contributed by atoms with Crippen LogP contribution in [0.1, 0.15) is 19.4 Å². The van der Waals surface area contributed by atoms with Gasteiger partial charge in [-0.15, -0.1) is 24.0 Å². The molecule has 2 N–H and O–H groups in total. The summed E-state index contributed by atoms with van der Waals surface area (Å²) in [6, 6.07) is 4.95. The monoisotopic (exact) mass is 487 g/mol. The van der Waals surface area contributed by atoms with Crippen molar-refractivity contribution < 1.29 is 9.13 Å². The average molecular weight is 488 g/mol. The average Bonchev–Trinajstić information content (AvgIpc) is 2.46. The van der Waals surface area contributed by atoms with Crippen molar-refractivity contribution in [2.45, 2.75) is 25.9 Å². The van der Waals surface area contributed by atoms with Crippen LogP contribution in [0.2, 0.25) is 0 Å². The van der Waals surface area contributed by atoms with E-state index < -0.39 is 0 Å². The quantitative estimate of drug-likeness (QED) is 0.367. The Balaban J connectivity index is 0.00000441. The number of benzene rings is 1. The lowest BCUT2D eigenvalue weighted by atomic mass is 10.1. The van der Waals surface area contributed by atoms with E-state index in [1.165, 1.54) is 6.07 Å². The highest BCUT2D eigenvalue weighted by molar-refractivity contribution is 14.0. The molecule has 7 heteroatoms. The van der Waals surface area contributed by atoms with Crippen LogP contribution in [0.4, 0.5) is 4.39 Å². The Labute approximate surface area is 157 Å². The Kier molecular flexibility index (Phi) is 10.2. The SMILES string of the molecule is CN=C(NCCc1cc(Br)ccc1F)NCC(C)(C)OC.I. The largest absolute Gasteiger partial charge is 0.377 e. The van der Waals surface area contributed by atoms with E-state index in [1.54, 1.807) is 26.3 Å². The molecule has 0 aliphatic carbocycles. The first-order valence-corrected chi connectivity index (χ1v) is 7.61. The van der Waals surface area contributed by atoms with Crippen LogP contribution >= 0.6 is 39.9 Å². The summed E-state index contributed by atoms with van der Waals surface area (Å²) in [5.41, 5.74) is 0.401. The molecule has 1 aromatic rings. The molecule has 4 nitrogen and oxygen atoms in total. The molecule has 0 saturated carbocycles. The van der Waals surface area contributed by atoms with Crippen LogP contribution in [-0.2, 0) is 11.2 Å². The van der Waals surface area contributed by atoms with Gasteiger partial charge in [0.05, 0.1) is 5.60 Å². The molecule has 0 radical (unpaired) electrons. The first-order valence-electron chi connectivity index (χ1n) is 6.81. The summed E-state index contributed by atoms with van der Waals surface area (Å²) in [5, 5.41) is 6.35. The van der Waals surface area contributed by atoms with Crippen molar-refractivity contribution in [2.24, 2.45) is 4.99 Å².